The molecule has 0 bridgehead atoms. The minimum atomic E-state index is -1.23. The van der Waals surface area contributed by atoms with E-state index >= 15 is 0 Å². The topological polar surface area (TPSA) is 148 Å². The summed E-state index contributed by atoms with van der Waals surface area (Å²) in [6.45, 7) is 13.4. The number of carboxylic acid groups (broad SMARTS) is 1. The van der Waals surface area contributed by atoms with Crippen LogP contribution in [0, 0.1) is 17.8 Å². The van der Waals surface area contributed by atoms with Crippen LogP contribution >= 0.6 is 0 Å². The first-order valence-electron chi connectivity index (χ1n) is 16.7. The monoisotopic (exact) mass is 637 g/mol. The first-order valence-corrected chi connectivity index (χ1v) is 16.7. The second-order valence-electron chi connectivity index (χ2n) is 14.2. The maximum absolute atomic E-state index is 14.1. The summed E-state index contributed by atoms with van der Waals surface area (Å²) in [5.41, 5.74) is 0.545. The molecule has 3 rings (SSSR count). The van der Waals surface area contributed by atoms with Gasteiger partial charge in [0.25, 0.3) is 0 Å². The second kappa shape index (κ2) is 17.3. The normalized spacial score (nSPS) is 17.4. The van der Waals surface area contributed by atoms with Gasteiger partial charge >= 0.3 is 6.09 Å². The van der Waals surface area contributed by atoms with E-state index in [4.69, 9.17) is 0 Å². The van der Waals surface area contributed by atoms with Gasteiger partial charge in [-0.05, 0) is 56.9 Å². The Hall–Kier alpha value is -3.66. The lowest BCUT2D eigenvalue weighted by Crippen LogP contribution is -2.61. The molecule has 46 heavy (non-hydrogen) atoms. The van der Waals surface area contributed by atoms with Crippen molar-refractivity contribution in [3.63, 3.8) is 0 Å². The summed E-state index contributed by atoms with van der Waals surface area (Å²) in [5, 5.41) is 27.8. The third-order valence-electron chi connectivity index (χ3n) is 9.20. The van der Waals surface area contributed by atoms with Gasteiger partial charge in [-0.15, -0.1) is 6.58 Å². The molecule has 10 nitrogen and oxygen atoms in total. The predicted molar refractivity (Wildman–Crippen MR) is 180 cm³/mol. The zero-order valence-electron chi connectivity index (χ0n) is 28.2. The summed E-state index contributed by atoms with van der Waals surface area (Å²) in [6.07, 6.45) is 9.90. The van der Waals surface area contributed by atoms with Gasteiger partial charge in [-0.2, -0.15) is 0 Å². The molecule has 1 aliphatic carbocycles. The van der Waals surface area contributed by atoms with Crippen molar-refractivity contribution in [2.24, 2.45) is 17.8 Å². The maximum Gasteiger partial charge on any atom is 0.408 e. The molecule has 2 aromatic rings. The van der Waals surface area contributed by atoms with E-state index in [0.29, 0.717) is 24.5 Å². The smallest absolute Gasteiger partial charge is 0.408 e. The molecule has 5 atom stereocenters. The summed E-state index contributed by atoms with van der Waals surface area (Å²) >= 11 is 0. The van der Waals surface area contributed by atoms with Crippen LogP contribution in [-0.4, -0.2) is 72.8 Å². The van der Waals surface area contributed by atoms with E-state index in [1.54, 1.807) is 27.0 Å². The molecule has 0 spiro atoms. The fourth-order valence-corrected chi connectivity index (χ4v) is 6.58. The van der Waals surface area contributed by atoms with E-state index in [0.717, 1.165) is 36.1 Å². The minimum absolute atomic E-state index is 0.0828. The highest BCUT2D eigenvalue weighted by atomic mass is 16.4. The van der Waals surface area contributed by atoms with Crippen molar-refractivity contribution in [3.8, 4) is 0 Å². The molecule has 0 unspecified atom stereocenters. The average Bonchev–Trinajstić information content (AvgIpc) is 3.52. The third kappa shape index (κ3) is 11.0. The van der Waals surface area contributed by atoms with Gasteiger partial charge in [-0.25, -0.2) is 9.78 Å². The standard InChI is InChI=1S/C36H55N5O5/c1-7-27(24(2)3)20-32(42)29(18-25-14-10-8-11-15-25)39-33(43)30(21-28-22-37-23-38-28)40-34(44)31(19-26-16-12-9-13-17-26)41(35(45)46)36(4,5)6/h7,9,12-13,16-17,22-25,27,29-32,42H,1,8,10-11,14-15,18-21H2,2-6H3,(H,37,38)(H,39,43)(H,40,44)(H,45,46)/t27-,29-,30-,31-,32-/m0/s1. The van der Waals surface area contributed by atoms with Gasteiger partial charge in [0.2, 0.25) is 11.8 Å². The molecule has 1 aliphatic rings. The Morgan fingerprint density at radius 2 is 1.74 bits per heavy atom. The quantitative estimate of drug-likeness (QED) is 0.154. The Morgan fingerprint density at radius 1 is 1.07 bits per heavy atom. The van der Waals surface area contributed by atoms with Gasteiger partial charge in [0.15, 0.2) is 0 Å². The van der Waals surface area contributed by atoms with Crippen molar-refractivity contribution >= 4 is 17.9 Å². The number of hydrogen-bond acceptors (Lipinski definition) is 5. The fraction of sp³-hybridized carbons (Fsp3) is 0.611. The lowest BCUT2D eigenvalue weighted by atomic mass is 9.81. The number of aromatic nitrogens is 2. The third-order valence-corrected chi connectivity index (χ3v) is 9.20. The molecule has 0 aliphatic heterocycles. The van der Waals surface area contributed by atoms with Gasteiger partial charge in [-0.3, -0.25) is 14.5 Å². The molecule has 3 amide bonds. The number of nitrogens with zero attached hydrogens (tertiary/aromatic N) is 2. The van der Waals surface area contributed by atoms with Crippen molar-refractivity contribution in [2.45, 2.75) is 122 Å². The van der Waals surface area contributed by atoms with E-state index in [2.05, 4.69) is 41.0 Å². The molecule has 1 fully saturated rings. The summed E-state index contributed by atoms with van der Waals surface area (Å²) < 4.78 is 0. The van der Waals surface area contributed by atoms with Crippen molar-refractivity contribution in [1.29, 1.82) is 0 Å². The Kier molecular flexibility index (Phi) is 13.9. The van der Waals surface area contributed by atoms with Crippen LogP contribution in [0.2, 0.25) is 0 Å². The van der Waals surface area contributed by atoms with Crippen molar-refractivity contribution in [2.75, 3.05) is 0 Å². The molecule has 254 valence electrons. The Bertz CT molecular complexity index is 1240. The zero-order chi connectivity index (χ0) is 33.9. The summed E-state index contributed by atoms with van der Waals surface area (Å²) in [6, 6.07) is 6.60. The van der Waals surface area contributed by atoms with Crippen LogP contribution < -0.4 is 10.6 Å². The summed E-state index contributed by atoms with van der Waals surface area (Å²) in [4.78, 5) is 49.0. The number of benzene rings is 1. The number of nitrogens with one attached hydrogen (secondary N) is 3. The zero-order valence-corrected chi connectivity index (χ0v) is 28.2. The number of aliphatic hydroxyl groups excluding tert-OH is 1. The van der Waals surface area contributed by atoms with Crippen LogP contribution in [0.25, 0.3) is 0 Å². The van der Waals surface area contributed by atoms with Gasteiger partial charge in [-0.1, -0.05) is 82.4 Å². The maximum atomic E-state index is 14.1. The number of rotatable bonds is 16. The van der Waals surface area contributed by atoms with Crippen LogP contribution in [0.1, 0.15) is 90.8 Å². The fourth-order valence-electron chi connectivity index (χ4n) is 6.58. The van der Waals surface area contributed by atoms with Gasteiger partial charge < -0.3 is 25.8 Å². The molecule has 0 saturated heterocycles. The molecule has 1 heterocycles. The van der Waals surface area contributed by atoms with Crippen LogP contribution in [0.5, 0.6) is 0 Å². The van der Waals surface area contributed by atoms with Crippen LogP contribution in [-0.2, 0) is 22.4 Å². The molecule has 10 heteroatoms. The van der Waals surface area contributed by atoms with E-state index < -0.39 is 47.7 Å². The summed E-state index contributed by atoms with van der Waals surface area (Å²) in [7, 11) is 0. The first-order chi connectivity index (χ1) is 21.8. The number of aliphatic hydroxyl groups is 1. The second-order valence-corrected chi connectivity index (χ2v) is 14.2. The molecule has 0 radical (unpaired) electrons. The van der Waals surface area contributed by atoms with Gasteiger partial charge in [0.05, 0.1) is 18.5 Å². The van der Waals surface area contributed by atoms with Crippen molar-refractivity contribution in [1.82, 2.24) is 25.5 Å². The van der Waals surface area contributed by atoms with E-state index in [1.165, 1.54) is 12.7 Å². The molecular weight excluding hydrogens is 582 g/mol. The average molecular weight is 638 g/mol. The number of amides is 3. The SMILES string of the molecule is C=C[C@@H](C[C@H](O)[C@H](CC1CCCCC1)NC(=O)[C@H](Cc1cnc[nH]1)NC(=O)[C@H](Cc1ccccc1)N(C(=O)O)C(C)(C)C)C(C)C. The van der Waals surface area contributed by atoms with Gasteiger partial charge in [0.1, 0.15) is 12.1 Å². The number of carbonyl (C=O) groups excluding carboxylic acids is 2. The first kappa shape index (κ1) is 36.8. The number of hydrogen-bond donors (Lipinski definition) is 5. The van der Waals surface area contributed by atoms with E-state index in [1.807, 2.05) is 36.4 Å². The lowest BCUT2D eigenvalue weighted by Gasteiger charge is -2.39. The Morgan fingerprint density at radius 3 is 2.28 bits per heavy atom. The number of allylic oxidation sites excluding steroid dienone is 1. The highest BCUT2D eigenvalue weighted by Crippen LogP contribution is 2.30. The summed E-state index contributed by atoms with van der Waals surface area (Å²) in [5.74, 6) is -0.247. The molecule has 5 N–H and O–H groups in total. The van der Waals surface area contributed by atoms with Crippen LogP contribution in [0.3, 0.4) is 0 Å². The Balaban J connectivity index is 1.91. The predicted octanol–water partition coefficient (Wildman–Crippen LogP) is 5.49. The van der Waals surface area contributed by atoms with Gasteiger partial charge in [0, 0.05) is 30.3 Å². The van der Waals surface area contributed by atoms with Crippen LogP contribution in [0.15, 0.2) is 55.5 Å². The largest absolute Gasteiger partial charge is 0.465 e. The van der Waals surface area contributed by atoms with Crippen molar-refractivity contribution < 1.29 is 24.6 Å². The molecule has 1 saturated carbocycles. The number of imidazole rings is 1. The highest BCUT2D eigenvalue weighted by molar-refractivity contribution is 5.91. The van der Waals surface area contributed by atoms with Crippen LogP contribution in [0.4, 0.5) is 4.79 Å². The van der Waals surface area contributed by atoms with Crippen molar-refractivity contribution in [3.05, 3.63) is 66.8 Å². The highest BCUT2D eigenvalue weighted by Gasteiger charge is 2.39. The minimum Gasteiger partial charge on any atom is -0.465 e. The van der Waals surface area contributed by atoms with E-state index in [9.17, 15) is 24.6 Å². The molecule has 1 aromatic carbocycles. The molecular formula is C36H55N5O5. The lowest BCUT2D eigenvalue weighted by molar-refractivity contribution is -0.133. The number of carbonyl (C=O) groups is 3. The van der Waals surface area contributed by atoms with E-state index in [-0.39, 0.29) is 24.7 Å². The molecule has 1 aromatic heterocycles. The number of aromatic amines is 1. The Labute approximate surface area is 274 Å². The number of H-pyrrole nitrogens is 1.